The minimum atomic E-state index is -1.54. The van der Waals surface area contributed by atoms with Crippen LogP contribution in [0.5, 0.6) is 0 Å². The van der Waals surface area contributed by atoms with Crippen molar-refractivity contribution in [2.24, 2.45) is 29.6 Å². The molecule has 3 fully saturated rings. The van der Waals surface area contributed by atoms with Gasteiger partial charge in [-0.25, -0.2) is 8.78 Å². The van der Waals surface area contributed by atoms with Crippen molar-refractivity contribution in [1.29, 1.82) is 0 Å². The molecule has 0 radical (unpaired) electrons. The van der Waals surface area contributed by atoms with Crippen molar-refractivity contribution < 1.29 is 18.3 Å². The Bertz CT molecular complexity index is 462. The fourth-order valence-electron chi connectivity index (χ4n) is 5.64. The zero-order valence-corrected chi connectivity index (χ0v) is 20.4. The molecule has 178 valence electrons. The summed E-state index contributed by atoms with van der Waals surface area (Å²) in [5.41, 5.74) is 0. The first-order chi connectivity index (χ1) is 14.3. The molecule has 7 atom stereocenters. The molecule has 0 N–H and O–H groups in total. The van der Waals surface area contributed by atoms with Gasteiger partial charge in [0.15, 0.2) is 12.3 Å². The molecule has 3 rings (SSSR count). The molecule has 0 aromatic heterocycles. The molecule has 2 nitrogen and oxygen atoms in total. The molecule has 0 amide bonds. The number of rotatable bonds is 7. The van der Waals surface area contributed by atoms with Gasteiger partial charge in [-0.15, -0.1) is 0 Å². The van der Waals surface area contributed by atoms with E-state index >= 15 is 0 Å². The van der Waals surface area contributed by atoms with Gasteiger partial charge in [-0.1, -0.05) is 47.5 Å². The van der Waals surface area contributed by atoms with Gasteiger partial charge in [0.1, 0.15) is 0 Å². The Balaban J connectivity index is 0.00000155. The van der Waals surface area contributed by atoms with Crippen molar-refractivity contribution in [1.82, 2.24) is 0 Å². The highest BCUT2D eigenvalue weighted by atomic mass is 19.2. The summed E-state index contributed by atoms with van der Waals surface area (Å²) in [6.07, 6.45) is 5.81. The first kappa shape index (κ1) is 26.0. The molecular formula is C26H48F2O2. The van der Waals surface area contributed by atoms with Gasteiger partial charge in [0.2, 0.25) is 0 Å². The lowest BCUT2D eigenvalue weighted by Gasteiger charge is -2.44. The van der Waals surface area contributed by atoms with Crippen molar-refractivity contribution in [3.05, 3.63) is 0 Å². The van der Waals surface area contributed by atoms with Crippen LogP contribution in [0.4, 0.5) is 8.78 Å². The van der Waals surface area contributed by atoms with Crippen LogP contribution in [0.1, 0.15) is 99.3 Å². The summed E-state index contributed by atoms with van der Waals surface area (Å²) in [5, 5.41) is 0. The predicted molar refractivity (Wildman–Crippen MR) is 121 cm³/mol. The molecule has 4 heteroatoms. The Morgan fingerprint density at radius 3 is 2.20 bits per heavy atom. The van der Waals surface area contributed by atoms with Crippen molar-refractivity contribution >= 4 is 0 Å². The molecule has 2 aliphatic carbocycles. The van der Waals surface area contributed by atoms with E-state index < -0.39 is 24.6 Å². The van der Waals surface area contributed by atoms with E-state index in [1.165, 1.54) is 38.5 Å². The highest BCUT2D eigenvalue weighted by molar-refractivity contribution is 4.97. The van der Waals surface area contributed by atoms with E-state index in [1.54, 1.807) is 0 Å². The van der Waals surface area contributed by atoms with Crippen LogP contribution in [0, 0.1) is 29.6 Å². The second-order valence-electron chi connectivity index (χ2n) is 10.5. The zero-order chi connectivity index (χ0) is 22.3. The van der Waals surface area contributed by atoms with Gasteiger partial charge in [-0.3, -0.25) is 0 Å². The highest BCUT2D eigenvalue weighted by Crippen LogP contribution is 2.41. The van der Waals surface area contributed by atoms with E-state index in [0.717, 1.165) is 30.6 Å². The second-order valence-corrected chi connectivity index (χ2v) is 10.5. The lowest BCUT2D eigenvalue weighted by molar-refractivity contribution is -0.181. The average Bonchev–Trinajstić information content (AvgIpc) is 2.75. The average molecular weight is 431 g/mol. The molecule has 2 saturated carbocycles. The van der Waals surface area contributed by atoms with E-state index in [4.69, 9.17) is 9.47 Å². The lowest BCUT2D eigenvalue weighted by atomic mass is 9.74. The lowest BCUT2D eigenvalue weighted by Crippen LogP contribution is -2.54. The standard InChI is InChI=1S/C24H42F2O2.C2H6/c1-15(2)5-6-16(3)19-11-8-18(9-12-19)14-27-21-13-20-10-7-17(4)28-24(20)23(26)22(21)25;1-2/h15-24H,5-14H2,1-4H3;1-2H3. The molecule has 3 aliphatic rings. The number of ether oxygens (including phenoxy) is 2. The van der Waals surface area contributed by atoms with Crippen molar-refractivity contribution in [2.75, 3.05) is 6.61 Å². The maximum absolute atomic E-state index is 14.6. The predicted octanol–water partition coefficient (Wildman–Crippen LogP) is 7.54. The van der Waals surface area contributed by atoms with Crippen molar-refractivity contribution in [3.63, 3.8) is 0 Å². The number of hydrogen-bond acceptors (Lipinski definition) is 2. The summed E-state index contributed by atoms with van der Waals surface area (Å²) in [6, 6.07) is 0. The zero-order valence-electron chi connectivity index (χ0n) is 20.4. The van der Waals surface area contributed by atoms with Crippen LogP contribution in [0.25, 0.3) is 0 Å². The Kier molecular flexibility index (Phi) is 11.0. The summed E-state index contributed by atoms with van der Waals surface area (Å²) >= 11 is 0. The molecule has 7 unspecified atom stereocenters. The normalized spacial score (nSPS) is 40.3. The Morgan fingerprint density at radius 2 is 1.57 bits per heavy atom. The topological polar surface area (TPSA) is 18.5 Å². The third-order valence-corrected chi connectivity index (χ3v) is 7.75. The summed E-state index contributed by atoms with van der Waals surface area (Å²) in [6.45, 7) is 13.6. The van der Waals surface area contributed by atoms with Crippen LogP contribution in [0.2, 0.25) is 0 Å². The highest BCUT2D eigenvalue weighted by Gasteiger charge is 2.49. The molecule has 1 aliphatic heterocycles. The van der Waals surface area contributed by atoms with Crippen LogP contribution >= 0.6 is 0 Å². The van der Waals surface area contributed by atoms with Gasteiger partial charge in [0, 0.05) is 6.61 Å². The van der Waals surface area contributed by atoms with Crippen LogP contribution in [-0.4, -0.2) is 37.3 Å². The summed E-state index contributed by atoms with van der Waals surface area (Å²) < 4.78 is 40.9. The smallest absolute Gasteiger partial charge is 0.160 e. The van der Waals surface area contributed by atoms with Crippen LogP contribution in [0.15, 0.2) is 0 Å². The van der Waals surface area contributed by atoms with E-state index in [1.807, 2.05) is 20.8 Å². The molecular weight excluding hydrogens is 382 g/mol. The van der Waals surface area contributed by atoms with Crippen molar-refractivity contribution in [2.45, 2.75) is 130 Å². The molecule has 0 aromatic carbocycles. The SMILES string of the molecule is CC.CC(C)CCC(C)C1CCC(COC2CC3CCC(C)OC3C(F)C2F)CC1. The third kappa shape index (κ3) is 7.15. The Morgan fingerprint density at radius 1 is 0.900 bits per heavy atom. The van der Waals surface area contributed by atoms with Gasteiger partial charge >= 0.3 is 0 Å². The third-order valence-electron chi connectivity index (χ3n) is 7.75. The maximum Gasteiger partial charge on any atom is 0.160 e. The van der Waals surface area contributed by atoms with Gasteiger partial charge < -0.3 is 9.47 Å². The monoisotopic (exact) mass is 430 g/mol. The second kappa shape index (κ2) is 12.7. The number of hydrogen-bond donors (Lipinski definition) is 0. The first-order valence-electron chi connectivity index (χ1n) is 12.9. The molecule has 0 spiro atoms. The fraction of sp³-hybridized carbons (Fsp3) is 1.00. The van der Waals surface area contributed by atoms with Gasteiger partial charge in [-0.2, -0.15) is 0 Å². The molecule has 30 heavy (non-hydrogen) atoms. The Hall–Kier alpha value is -0.220. The summed E-state index contributed by atoms with van der Waals surface area (Å²) in [4.78, 5) is 0. The maximum atomic E-state index is 14.6. The quantitative estimate of drug-likeness (QED) is 0.415. The fourth-order valence-corrected chi connectivity index (χ4v) is 5.64. The van der Waals surface area contributed by atoms with Gasteiger partial charge in [-0.05, 0) is 81.5 Å². The largest absolute Gasteiger partial charge is 0.375 e. The van der Waals surface area contributed by atoms with Gasteiger partial charge in [0.25, 0.3) is 0 Å². The number of halogens is 2. The Labute approximate surface area is 184 Å². The van der Waals surface area contributed by atoms with Gasteiger partial charge in [0.05, 0.1) is 18.3 Å². The molecule has 0 aromatic rings. The van der Waals surface area contributed by atoms with E-state index in [0.29, 0.717) is 18.9 Å². The number of alkyl halides is 2. The van der Waals surface area contributed by atoms with Crippen LogP contribution in [0.3, 0.4) is 0 Å². The molecule has 0 bridgehead atoms. The van der Waals surface area contributed by atoms with E-state index in [-0.39, 0.29) is 12.0 Å². The minimum absolute atomic E-state index is 0.0438. The minimum Gasteiger partial charge on any atom is -0.375 e. The van der Waals surface area contributed by atoms with E-state index in [9.17, 15) is 8.78 Å². The van der Waals surface area contributed by atoms with Crippen molar-refractivity contribution in [3.8, 4) is 0 Å². The van der Waals surface area contributed by atoms with Crippen LogP contribution in [-0.2, 0) is 9.47 Å². The van der Waals surface area contributed by atoms with E-state index in [2.05, 4.69) is 20.8 Å². The van der Waals surface area contributed by atoms with Crippen LogP contribution < -0.4 is 0 Å². The summed E-state index contributed by atoms with van der Waals surface area (Å²) in [7, 11) is 0. The molecule has 1 saturated heterocycles. The number of fused-ring (bicyclic) bond motifs is 1. The summed E-state index contributed by atoms with van der Waals surface area (Å²) in [5.74, 6) is 3.04. The molecule has 1 heterocycles. The first-order valence-corrected chi connectivity index (χ1v) is 12.9.